The zero-order valence-electron chi connectivity index (χ0n) is 10.7. The van der Waals surface area contributed by atoms with Crippen LogP contribution in [0.4, 0.5) is 10.1 Å². The van der Waals surface area contributed by atoms with Gasteiger partial charge in [0.1, 0.15) is 5.82 Å². The van der Waals surface area contributed by atoms with Crippen LogP contribution in [0.5, 0.6) is 0 Å². The molecule has 1 aromatic carbocycles. The van der Waals surface area contributed by atoms with Gasteiger partial charge in [-0.05, 0) is 59.4 Å². The minimum atomic E-state index is -0.378. The lowest BCUT2D eigenvalue weighted by molar-refractivity contribution is -0.122. The number of hydrogen-bond donors (Lipinski definition) is 2. The molecule has 0 saturated heterocycles. The van der Waals surface area contributed by atoms with Crippen molar-refractivity contribution in [1.29, 1.82) is 0 Å². The fourth-order valence-corrected chi connectivity index (χ4v) is 2.89. The molecule has 5 heteroatoms. The summed E-state index contributed by atoms with van der Waals surface area (Å²) in [6, 6.07) is 4.60. The lowest BCUT2D eigenvalue weighted by atomic mass is 9.78. The quantitative estimate of drug-likeness (QED) is 0.894. The van der Waals surface area contributed by atoms with Gasteiger partial charge in [-0.1, -0.05) is 12.8 Å². The van der Waals surface area contributed by atoms with Crippen molar-refractivity contribution in [1.82, 2.24) is 0 Å². The summed E-state index contributed by atoms with van der Waals surface area (Å²) in [4.78, 5) is 12.2. The maximum Gasteiger partial charge on any atom is 0.227 e. The molecule has 0 heterocycles. The van der Waals surface area contributed by atoms with Crippen molar-refractivity contribution in [3.05, 3.63) is 28.5 Å². The van der Waals surface area contributed by atoms with E-state index in [9.17, 15) is 9.18 Å². The van der Waals surface area contributed by atoms with Crippen molar-refractivity contribution in [2.24, 2.45) is 17.6 Å². The average Bonchev–Trinajstić information content (AvgIpc) is 2.43. The number of hydrogen-bond acceptors (Lipinski definition) is 2. The number of halogens is 2. The highest BCUT2D eigenvalue weighted by Gasteiger charge is 2.29. The van der Waals surface area contributed by atoms with Crippen molar-refractivity contribution < 1.29 is 9.18 Å². The van der Waals surface area contributed by atoms with E-state index in [1.807, 2.05) is 0 Å². The molecule has 1 aliphatic rings. The number of anilines is 1. The largest absolute Gasteiger partial charge is 0.330 e. The van der Waals surface area contributed by atoms with E-state index in [0.717, 1.165) is 25.7 Å². The zero-order valence-corrected chi connectivity index (χ0v) is 12.2. The van der Waals surface area contributed by atoms with Gasteiger partial charge in [0.05, 0.1) is 4.47 Å². The van der Waals surface area contributed by atoms with Crippen LogP contribution in [0.15, 0.2) is 22.7 Å². The molecule has 0 bridgehead atoms. The molecule has 0 spiro atoms. The van der Waals surface area contributed by atoms with Gasteiger partial charge in [-0.2, -0.15) is 0 Å². The normalized spacial score (nSPS) is 23.1. The smallest absolute Gasteiger partial charge is 0.227 e. The topological polar surface area (TPSA) is 55.1 Å². The standard InChI is InChI=1S/C14H18BrFN2O/c15-12-6-5-10(7-13(12)16)18-14(19)11-4-2-1-3-9(11)8-17/h5-7,9,11H,1-4,8,17H2,(H,18,19). The summed E-state index contributed by atoms with van der Waals surface area (Å²) in [7, 11) is 0. The molecule has 2 rings (SSSR count). The summed E-state index contributed by atoms with van der Waals surface area (Å²) in [5.74, 6) is -0.229. The van der Waals surface area contributed by atoms with Gasteiger partial charge >= 0.3 is 0 Å². The van der Waals surface area contributed by atoms with Crippen LogP contribution in [0, 0.1) is 17.7 Å². The molecule has 1 fully saturated rings. The number of nitrogens with one attached hydrogen (secondary N) is 1. The van der Waals surface area contributed by atoms with Gasteiger partial charge in [-0.3, -0.25) is 4.79 Å². The van der Waals surface area contributed by atoms with E-state index >= 15 is 0 Å². The molecule has 0 radical (unpaired) electrons. The first-order valence-corrected chi connectivity index (χ1v) is 7.37. The Labute approximate surface area is 120 Å². The van der Waals surface area contributed by atoms with E-state index in [4.69, 9.17) is 5.73 Å². The molecule has 1 saturated carbocycles. The Morgan fingerprint density at radius 3 is 2.84 bits per heavy atom. The highest BCUT2D eigenvalue weighted by molar-refractivity contribution is 9.10. The van der Waals surface area contributed by atoms with Crippen molar-refractivity contribution in [2.75, 3.05) is 11.9 Å². The Kier molecular flexibility index (Phi) is 4.93. The van der Waals surface area contributed by atoms with E-state index in [0.29, 0.717) is 16.7 Å². The van der Waals surface area contributed by atoms with E-state index in [1.54, 1.807) is 12.1 Å². The van der Waals surface area contributed by atoms with Crippen molar-refractivity contribution in [3.63, 3.8) is 0 Å². The minimum absolute atomic E-state index is 0.0446. The van der Waals surface area contributed by atoms with Crippen LogP contribution in [0.2, 0.25) is 0 Å². The fourth-order valence-electron chi connectivity index (χ4n) is 2.64. The molecule has 104 valence electrons. The molecule has 2 atom stereocenters. The summed E-state index contributed by atoms with van der Waals surface area (Å²) < 4.78 is 13.8. The Bertz CT molecular complexity index is 467. The van der Waals surface area contributed by atoms with Gasteiger partial charge < -0.3 is 11.1 Å². The summed E-state index contributed by atoms with van der Waals surface area (Å²) >= 11 is 3.09. The third-order valence-electron chi connectivity index (χ3n) is 3.74. The zero-order chi connectivity index (χ0) is 13.8. The molecule has 19 heavy (non-hydrogen) atoms. The second-order valence-corrected chi connectivity index (χ2v) is 5.86. The van der Waals surface area contributed by atoms with Crippen molar-refractivity contribution in [3.8, 4) is 0 Å². The van der Waals surface area contributed by atoms with Crippen LogP contribution in [0.3, 0.4) is 0 Å². The first kappa shape index (κ1) is 14.5. The summed E-state index contributed by atoms with van der Waals surface area (Å²) in [5, 5.41) is 2.79. The number of nitrogens with two attached hydrogens (primary N) is 1. The fraction of sp³-hybridized carbons (Fsp3) is 0.500. The number of rotatable bonds is 3. The second-order valence-electron chi connectivity index (χ2n) is 5.00. The Hall–Kier alpha value is -0.940. The molecule has 3 N–H and O–H groups in total. The predicted molar refractivity (Wildman–Crippen MR) is 77.2 cm³/mol. The van der Waals surface area contributed by atoms with Gasteiger partial charge in [0, 0.05) is 11.6 Å². The lowest BCUT2D eigenvalue weighted by Gasteiger charge is -2.29. The van der Waals surface area contributed by atoms with Crippen molar-refractivity contribution >= 4 is 27.5 Å². The van der Waals surface area contributed by atoms with E-state index in [1.165, 1.54) is 6.07 Å². The average molecular weight is 329 g/mol. The van der Waals surface area contributed by atoms with Crippen LogP contribution in [-0.4, -0.2) is 12.5 Å². The summed E-state index contributed by atoms with van der Waals surface area (Å²) in [6.45, 7) is 0.535. The van der Waals surface area contributed by atoms with E-state index in [-0.39, 0.29) is 23.6 Å². The van der Waals surface area contributed by atoms with Crippen LogP contribution >= 0.6 is 15.9 Å². The lowest BCUT2D eigenvalue weighted by Crippen LogP contribution is -2.35. The van der Waals surface area contributed by atoms with Gasteiger partial charge in [-0.25, -0.2) is 4.39 Å². The van der Waals surface area contributed by atoms with Crippen LogP contribution in [-0.2, 0) is 4.79 Å². The monoisotopic (exact) mass is 328 g/mol. The SMILES string of the molecule is NCC1CCCCC1C(=O)Nc1ccc(Br)c(F)c1. The number of carbonyl (C=O) groups is 1. The Morgan fingerprint density at radius 1 is 1.42 bits per heavy atom. The number of benzene rings is 1. The molecule has 3 nitrogen and oxygen atoms in total. The van der Waals surface area contributed by atoms with Gasteiger partial charge in [-0.15, -0.1) is 0 Å². The molecule has 1 aromatic rings. The number of amides is 1. The highest BCUT2D eigenvalue weighted by atomic mass is 79.9. The maximum atomic E-state index is 13.4. The highest BCUT2D eigenvalue weighted by Crippen LogP contribution is 2.30. The molecule has 0 aromatic heterocycles. The van der Waals surface area contributed by atoms with Crippen LogP contribution < -0.4 is 11.1 Å². The molecular formula is C14H18BrFN2O. The minimum Gasteiger partial charge on any atom is -0.330 e. The van der Waals surface area contributed by atoms with Gasteiger partial charge in [0.2, 0.25) is 5.91 Å². The van der Waals surface area contributed by atoms with Gasteiger partial charge in [0.25, 0.3) is 0 Å². The summed E-state index contributed by atoms with van der Waals surface area (Å²) in [5.41, 5.74) is 6.22. The van der Waals surface area contributed by atoms with Crippen LogP contribution in [0.1, 0.15) is 25.7 Å². The summed E-state index contributed by atoms with van der Waals surface area (Å²) in [6.07, 6.45) is 4.07. The number of carbonyl (C=O) groups excluding carboxylic acids is 1. The molecular weight excluding hydrogens is 311 g/mol. The Morgan fingerprint density at radius 2 is 2.16 bits per heavy atom. The third-order valence-corrected chi connectivity index (χ3v) is 4.38. The molecule has 1 amide bonds. The molecule has 2 unspecified atom stereocenters. The molecule has 0 aliphatic heterocycles. The first-order chi connectivity index (χ1) is 9.11. The third kappa shape index (κ3) is 3.54. The maximum absolute atomic E-state index is 13.4. The van der Waals surface area contributed by atoms with Crippen molar-refractivity contribution in [2.45, 2.75) is 25.7 Å². The molecule has 1 aliphatic carbocycles. The van der Waals surface area contributed by atoms with E-state index in [2.05, 4.69) is 21.2 Å². The van der Waals surface area contributed by atoms with E-state index < -0.39 is 0 Å². The van der Waals surface area contributed by atoms with Crippen LogP contribution in [0.25, 0.3) is 0 Å². The first-order valence-electron chi connectivity index (χ1n) is 6.58. The van der Waals surface area contributed by atoms with Gasteiger partial charge in [0.15, 0.2) is 0 Å². The Balaban J connectivity index is 2.05. The second kappa shape index (κ2) is 6.48. The predicted octanol–water partition coefficient (Wildman–Crippen LogP) is 3.29.